The van der Waals surface area contributed by atoms with E-state index in [0.717, 1.165) is 0 Å². The molecule has 2 aromatic rings. The van der Waals surface area contributed by atoms with Gasteiger partial charge in [-0.1, -0.05) is 6.07 Å². The molecule has 2 N–H and O–H groups in total. The van der Waals surface area contributed by atoms with Gasteiger partial charge >= 0.3 is 0 Å². The smallest absolute Gasteiger partial charge is 0.165 e. The molecular formula is C15H15F2NO2. The molecule has 0 aliphatic carbocycles. The van der Waals surface area contributed by atoms with Gasteiger partial charge in [0.25, 0.3) is 0 Å². The summed E-state index contributed by atoms with van der Waals surface area (Å²) in [6.07, 6.45) is 0. The van der Waals surface area contributed by atoms with Gasteiger partial charge in [0.05, 0.1) is 7.11 Å². The number of methoxy groups -OCH3 is 1. The van der Waals surface area contributed by atoms with E-state index in [9.17, 15) is 8.78 Å². The van der Waals surface area contributed by atoms with Crippen molar-refractivity contribution in [3.8, 4) is 11.5 Å². The van der Waals surface area contributed by atoms with Crippen LogP contribution in [0.15, 0.2) is 36.4 Å². The largest absolute Gasteiger partial charge is 0.494 e. The van der Waals surface area contributed by atoms with E-state index < -0.39 is 11.6 Å². The molecule has 2 aromatic carbocycles. The first-order chi connectivity index (χ1) is 9.62. The third-order valence-electron chi connectivity index (χ3n) is 2.79. The van der Waals surface area contributed by atoms with Gasteiger partial charge in [0, 0.05) is 12.6 Å². The van der Waals surface area contributed by atoms with Gasteiger partial charge in [0.15, 0.2) is 11.6 Å². The molecular weight excluding hydrogens is 264 g/mol. The normalized spacial score (nSPS) is 10.4. The molecule has 3 nitrogen and oxygen atoms in total. The van der Waals surface area contributed by atoms with Crippen LogP contribution in [-0.2, 0) is 13.2 Å². The fourth-order valence-electron chi connectivity index (χ4n) is 1.79. The third kappa shape index (κ3) is 3.45. The lowest BCUT2D eigenvalue weighted by atomic mass is 10.2. The molecule has 0 heterocycles. The second kappa shape index (κ2) is 6.34. The SMILES string of the molecule is COc1ccc(COc2cc(F)cc(CN)c2)cc1F. The minimum Gasteiger partial charge on any atom is -0.494 e. The lowest BCUT2D eigenvalue weighted by molar-refractivity contribution is 0.303. The summed E-state index contributed by atoms with van der Waals surface area (Å²) >= 11 is 0. The number of hydrogen-bond donors (Lipinski definition) is 1. The Labute approximate surface area is 115 Å². The minimum absolute atomic E-state index is 0.133. The predicted octanol–water partition coefficient (Wildman–Crippen LogP) is 3.01. The molecule has 0 fully saturated rings. The second-order valence-electron chi connectivity index (χ2n) is 4.26. The Balaban J connectivity index is 2.08. The molecule has 2 rings (SSSR count). The first-order valence-electron chi connectivity index (χ1n) is 6.07. The average Bonchev–Trinajstić information content (AvgIpc) is 2.44. The Morgan fingerprint density at radius 3 is 2.50 bits per heavy atom. The maximum absolute atomic E-state index is 13.5. The Morgan fingerprint density at radius 2 is 1.85 bits per heavy atom. The van der Waals surface area contributed by atoms with Crippen molar-refractivity contribution in [2.75, 3.05) is 7.11 Å². The molecule has 0 spiro atoms. The summed E-state index contributed by atoms with van der Waals surface area (Å²) in [6.45, 7) is 0.361. The van der Waals surface area contributed by atoms with E-state index in [0.29, 0.717) is 16.9 Å². The summed E-state index contributed by atoms with van der Waals surface area (Å²) in [7, 11) is 1.40. The zero-order chi connectivity index (χ0) is 14.5. The van der Waals surface area contributed by atoms with Gasteiger partial charge in [0.2, 0.25) is 0 Å². The summed E-state index contributed by atoms with van der Waals surface area (Å²) < 4.78 is 37.1. The molecule has 0 radical (unpaired) electrons. The van der Waals surface area contributed by atoms with Crippen molar-refractivity contribution in [2.45, 2.75) is 13.2 Å². The van der Waals surface area contributed by atoms with E-state index >= 15 is 0 Å². The van der Waals surface area contributed by atoms with Crippen molar-refractivity contribution in [2.24, 2.45) is 5.73 Å². The molecule has 0 aromatic heterocycles. The van der Waals surface area contributed by atoms with E-state index in [1.54, 1.807) is 12.1 Å². The van der Waals surface area contributed by atoms with E-state index in [1.807, 2.05) is 0 Å². The summed E-state index contributed by atoms with van der Waals surface area (Å²) in [5.74, 6) is -0.342. The quantitative estimate of drug-likeness (QED) is 0.915. The van der Waals surface area contributed by atoms with Crippen LogP contribution >= 0.6 is 0 Å². The standard InChI is InChI=1S/C15H15F2NO2/c1-19-15-3-2-10(6-14(15)17)9-20-13-5-11(8-18)4-12(16)7-13/h2-7H,8-9,18H2,1H3. The first-order valence-corrected chi connectivity index (χ1v) is 6.07. The Kier molecular flexibility index (Phi) is 4.53. The average molecular weight is 279 g/mol. The minimum atomic E-state index is -0.463. The number of rotatable bonds is 5. The fraction of sp³-hybridized carbons (Fsp3) is 0.200. The highest BCUT2D eigenvalue weighted by Crippen LogP contribution is 2.20. The molecule has 0 amide bonds. The lowest BCUT2D eigenvalue weighted by Gasteiger charge is -2.09. The summed E-state index contributed by atoms with van der Waals surface area (Å²) in [6, 6.07) is 8.79. The van der Waals surface area contributed by atoms with E-state index in [4.69, 9.17) is 15.2 Å². The van der Waals surface area contributed by atoms with Crippen LogP contribution in [0.1, 0.15) is 11.1 Å². The van der Waals surface area contributed by atoms with Crippen LogP contribution in [0.25, 0.3) is 0 Å². The number of nitrogens with two attached hydrogens (primary N) is 1. The fourth-order valence-corrected chi connectivity index (χ4v) is 1.79. The molecule has 0 aliphatic heterocycles. The van der Waals surface area contributed by atoms with Crippen LogP contribution in [0, 0.1) is 11.6 Å². The third-order valence-corrected chi connectivity index (χ3v) is 2.79. The van der Waals surface area contributed by atoms with Crippen LogP contribution < -0.4 is 15.2 Å². The molecule has 0 saturated heterocycles. The number of ether oxygens (including phenoxy) is 2. The Morgan fingerprint density at radius 1 is 1.05 bits per heavy atom. The lowest BCUT2D eigenvalue weighted by Crippen LogP contribution is -2.01. The highest BCUT2D eigenvalue weighted by atomic mass is 19.1. The van der Waals surface area contributed by atoms with Crippen LogP contribution in [0.4, 0.5) is 8.78 Å². The zero-order valence-electron chi connectivity index (χ0n) is 11.0. The van der Waals surface area contributed by atoms with Gasteiger partial charge < -0.3 is 15.2 Å². The predicted molar refractivity (Wildman–Crippen MR) is 71.6 cm³/mol. The van der Waals surface area contributed by atoms with Crippen molar-refractivity contribution in [3.05, 3.63) is 59.2 Å². The molecule has 0 bridgehead atoms. The van der Waals surface area contributed by atoms with Crippen LogP contribution in [0.2, 0.25) is 0 Å². The van der Waals surface area contributed by atoms with E-state index in [1.165, 1.54) is 31.4 Å². The molecule has 106 valence electrons. The molecule has 5 heteroatoms. The van der Waals surface area contributed by atoms with Gasteiger partial charge in [-0.25, -0.2) is 8.78 Å². The van der Waals surface area contributed by atoms with Crippen LogP contribution in [0.3, 0.4) is 0 Å². The molecule has 0 unspecified atom stereocenters. The highest BCUT2D eigenvalue weighted by Gasteiger charge is 2.05. The van der Waals surface area contributed by atoms with Gasteiger partial charge in [-0.2, -0.15) is 0 Å². The molecule has 0 saturated carbocycles. The Bertz CT molecular complexity index is 602. The summed E-state index contributed by atoms with van der Waals surface area (Å²) in [5.41, 5.74) is 6.73. The van der Waals surface area contributed by atoms with Crippen molar-refractivity contribution in [3.63, 3.8) is 0 Å². The number of benzene rings is 2. The van der Waals surface area contributed by atoms with Gasteiger partial charge in [-0.05, 0) is 35.4 Å². The monoisotopic (exact) mass is 279 g/mol. The van der Waals surface area contributed by atoms with Crippen molar-refractivity contribution in [1.82, 2.24) is 0 Å². The topological polar surface area (TPSA) is 44.5 Å². The molecule has 20 heavy (non-hydrogen) atoms. The van der Waals surface area contributed by atoms with E-state index in [-0.39, 0.29) is 18.9 Å². The van der Waals surface area contributed by atoms with Crippen molar-refractivity contribution < 1.29 is 18.3 Å². The van der Waals surface area contributed by atoms with Gasteiger partial charge in [0.1, 0.15) is 18.2 Å². The Hall–Kier alpha value is -2.14. The van der Waals surface area contributed by atoms with Crippen molar-refractivity contribution in [1.29, 1.82) is 0 Å². The van der Waals surface area contributed by atoms with Gasteiger partial charge in [-0.15, -0.1) is 0 Å². The molecule has 0 atom stereocenters. The molecule has 0 aliphatic rings. The first kappa shape index (κ1) is 14.3. The number of halogens is 2. The van der Waals surface area contributed by atoms with E-state index in [2.05, 4.69) is 0 Å². The summed E-state index contributed by atoms with van der Waals surface area (Å²) in [5, 5.41) is 0. The maximum atomic E-state index is 13.5. The van der Waals surface area contributed by atoms with Crippen LogP contribution in [0.5, 0.6) is 11.5 Å². The van der Waals surface area contributed by atoms with Crippen LogP contribution in [-0.4, -0.2) is 7.11 Å². The maximum Gasteiger partial charge on any atom is 0.165 e. The highest BCUT2D eigenvalue weighted by molar-refractivity contribution is 5.31. The zero-order valence-corrected chi connectivity index (χ0v) is 11.0. The second-order valence-corrected chi connectivity index (χ2v) is 4.26. The van der Waals surface area contributed by atoms with Crippen molar-refractivity contribution >= 4 is 0 Å². The summed E-state index contributed by atoms with van der Waals surface area (Å²) in [4.78, 5) is 0. The van der Waals surface area contributed by atoms with Gasteiger partial charge in [-0.3, -0.25) is 0 Å². The number of hydrogen-bond acceptors (Lipinski definition) is 3.